The number of rotatable bonds is 2. The van der Waals surface area contributed by atoms with Gasteiger partial charge >= 0.3 is 0 Å². The van der Waals surface area contributed by atoms with E-state index in [0.29, 0.717) is 17.8 Å². The van der Waals surface area contributed by atoms with Crippen LogP contribution in [0.25, 0.3) is 0 Å². The van der Waals surface area contributed by atoms with Gasteiger partial charge in [-0.25, -0.2) is 0 Å². The average Bonchev–Trinajstić information content (AvgIpc) is 2.39. The normalized spacial score (nSPS) is 39.8. The van der Waals surface area contributed by atoms with E-state index >= 15 is 0 Å². The molecule has 1 aliphatic heterocycles. The molecule has 1 saturated heterocycles. The Kier molecular flexibility index (Phi) is 3.52. The van der Waals surface area contributed by atoms with Gasteiger partial charge in [-0.05, 0) is 43.4 Å². The molecule has 3 aliphatic carbocycles. The smallest absolute Gasteiger partial charge is 0.184 e. The SMILES string of the molecule is CC1=CC2CC(C3OCC(=O)CO3)C1CC2C(C)C. The van der Waals surface area contributed by atoms with E-state index in [1.54, 1.807) is 0 Å². The monoisotopic (exact) mass is 264 g/mol. The molecule has 4 aliphatic rings. The second-order valence-corrected chi connectivity index (χ2v) is 6.75. The highest BCUT2D eigenvalue weighted by Gasteiger charge is 2.46. The number of hydrogen-bond acceptors (Lipinski definition) is 3. The molecule has 1 saturated carbocycles. The minimum absolute atomic E-state index is 0.0598. The van der Waals surface area contributed by atoms with E-state index in [4.69, 9.17) is 9.47 Å². The fourth-order valence-corrected chi connectivity index (χ4v) is 4.23. The number of ketones is 1. The molecule has 0 aromatic rings. The number of carbonyl (C=O) groups is 1. The van der Waals surface area contributed by atoms with Crippen LogP contribution >= 0.6 is 0 Å². The van der Waals surface area contributed by atoms with Gasteiger partial charge in [0.2, 0.25) is 0 Å². The van der Waals surface area contributed by atoms with Crippen LogP contribution < -0.4 is 0 Å². The molecule has 1 heterocycles. The summed E-state index contributed by atoms with van der Waals surface area (Å²) in [5, 5.41) is 0. The van der Waals surface area contributed by atoms with Crippen molar-refractivity contribution in [2.75, 3.05) is 13.2 Å². The molecule has 3 heteroatoms. The summed E-state index contributed by atoms with van der Waals surface area (Å²) in [6, 6.07) is 0. The topological polar surface area (TPSA) is 35.5 Å². The van der Waals surface area contributed by atoms with E-state index in [1.807, 2.05) is 0 Å². The van der Waals surface area contributed by atoms with Crippen LogP contribution in [0.1, 0.15) is 33.6 Å². The lowest BCUT2D eigenvalue weighted by Gasteiger charge is -2.49. The first-order valence-electron chi connectivity index (χ1n) is 7.49. The molecular weight excluding hydrogens is 240 g/mol. The predicted octanol–water partition coefficient (Wildman–Crippen LogP) is 2.80. The third kappa shape index (κ3) is 2.38. The van der Waals surface area contributed by atoms with Crippen LogP contribution in [0.4, 0.5) is 0 Å². The van der Waals surface area contributed by atoms with Crippen molar-refractivity contribution < 1.29 is 14.3 Å². The number of fused-ring (bicyclic) bond motifs is 2. The molecule has 2 bridgehead atoms. The zero-order valence-electron chi connectivity index (χ0n) is 12.1. The maximum absolute atomic E-state index is 11.2. The average molecular weight is 264 g/mol. The Morgan fingerprint density at radius 1 is 1.21 bits per heavy atom. The third-order valence-corrected chi connectivity index (χ3v) is 5.22. The first kappa shape index (κ1) is 13.3. The van der Waals surface area contributed by atoms with Crippen LogP contribution in [0.2, 0.25) is 0 Å². The molecule has 0 amide bonds. The van der Waals surface area contributed by atoms with Gasteiger partial charge in [-0.2, -0.15) is 0 Å². The van der Waals surface area contributed by atoms with Gasteiger partial charge in [-0.3, -0.25) is 4.79 Å². The molecule has 19 heavy (non-hydrogen) atoms. The van der Waals surface area contributed by atoms with Crippen LogP contribution in [0.5, 0.6) is 0 Å². The Hall–Kier alpha value is -0.670. The van der Waals surface area contributed by atoms with E-state index < -0.39 is 0 Å². The van der Waals surface area contributed by atoms with E-state index in [1.165, 1.54) is 12.0 Å². The van der Waals surface area contributed by atoms with Crippen LogP contribution in [0.15, 0.2) is 11.6 Å². The Morgan fingerprint density at radius 3 is 2.47 bits per heavy atom. The number of carbonyl (C=O) groups excluding carboxylic acids is 1. The van der Waals surface area contributed by atoms with Gasteiger partial charge in [0.1, 0.15) is 13.2 Å². The summed E-state index contributed by atoms with van der Waals surface area (Å²) in [6.07, 6.45) is 4.72. The van der Waals surface area contributed by atoms with E-state index in [0.717, 1.165) is 18.3 Å². The Morgan fingerprint density at radius 2 is 1.89 bits per heavy atom. The second-order valence-electron chi connectivity index (χ2n) is 6.75. The van der Waals surface area contributed by atoms with E-state index in [9.17, 15) is 4.79 Å². The van der Waals surface area contributed by atoms with Crippen molar-refractivity contribution in [1.29, 1.82) is 0 Å². The van der Waals surface area contributed by atoms with Crippen LogP contribution in [0.3, 0.4) is 0 Å². The molecule has 0 radical (unpaired) electrons. The van der Waals surface area contributed by atoms with Gasteiger partial charge in [-0.15, -0.1) is 0 Å². The van der Waals surface area contributed by atoms with Gasteiger partial charge in [0.15, 0.2) is 12.1 Å². The summed E-state index contributed by atoms with van der Waals surface area (Å²) >= 11 is 0. The minimum Gasteiger partial charge on any atom is -0.344 e. The van der Waals surface area contributed by atoms with Gasteiger partial charge in [-0.1, -0.05) is 25.5 Å². The van der Waals surface area contributed by atoms with Gasteiger partial charge in [0, 0.05) is 5.92 Å². The lowest BCUT2D eigenvalue weighted by molar-refractivity contribution is -0.217. The highest BCUT2D eigenvalue weighted by atomic mass is 16.7. The molecule has 4 rings (SSSR count). The summed E-state index contributed by atoms with van der Waals surface area (Å²) in [4.78, 5) is 11.2. The first-order chi connectivity index (χ1) is 9.06. The summed E-state index contributed by atoms with van der Waals surface area (Å²) < 4.78 is 11.3. The zero-order chi connectivity index (χ0) is 13.6. The quantitative estimate of drug-likeness (QED) is 0.719. The highest BCUT2D eigenvalue weighted by Crippen LogP contribution is 2.51. The summed E-state index contributed by atoms with van der Waals surface area (Å²) in [5.41, 5.74) is 1.50. The summed E-state index contributed by atoms with van der Waals surface area (Å²) in [6.45, 7) is 7.36. The van der Waals surface area contributed by atoms with Crippen molar-refractivity contribution in [1.82, 2.24) is 0 Å². The maximum Gasteiger partial charge on any atom is 0.184 e. The molecule has 4 atom stereocenters. The zero-order valence-corrected chi connectivity index (χ0v) is 12.1. The molecule has 3 nitrogen and oxygen atoms in total. The molecule has 4 unspecified atom stereocenters. The third-order valence-electron chi connectivity index (χ3n) is 5.22. The van der Waals surface area contributed by atoms with Gasteiger partial charge in [0.05, 0.1) is 0 Å². The summed E-state index contributed by atoms with van der Waals surface area (Å²) in [7, 11) is 0. The lowest BCUT2D eigenvalue weighted by atomic mass is 9.58. The van der Waals surface area contributed by atoms with Crippen LogP contribution in [-0.4, -0.2) is 25.3 Å². The molecule has 0 spiro atoms. The Bertz CT molecular complexity index is 389. The molecular formula is C16H24O3. The fraction of sp³-hybridized carbons (Fsp3) is 0.812. The standard InChI is InChI=1S/C16H24O3/c1-9(2)13-6-14-10(3)4-11(13)5-15(14)16-18-7-12(17)8-19-16/h4,9,11,13-16H,5-8H2,1-3H3. The first-order valence-corrected chi connectivity index (χ1v) is 7.49. The van der Waals surface area contributed by atoms with Gasteiger partial charge < -0.3 is 9.47 Å². The van der Waals surface area contributed by atoms with Crippen molar-refractivity contribution in [2.45, 2.75) is 39.9 Å². The molecule has 106 valence electrons. The van der Waals surface area contributed by atoms with Crippen LogP contribution in [0, 0.1) is 29.6 Å². The Balaban J connectivity index is 1.73. The van der Waals surface area contributed by atoms with Crippen molar-refractivity contribution in [2.24, 2.45) is 29.6 Å². The molecule has 0 N–H and O–H groups in total. The molecule has 0 aromatic carbocycles. The maximum atomic E-state index is 11.2. The second kappa shape index (κ2) is 5.02. The van der Waals surface area contributed by atoms with Crippen molar-refractivity contribution >= 4 is 5.78 Å². The fourth-order valence-electron chi connectivity index (χ4n) is 4.23. The highest BCUT2D eigenvalue weighted by molar-refractivity contribution is 5.81. The number of Topliss-reactive ketones (excluding diaryl/α,β-unsaturated/α-hetero) is 1. The van der Waals surface area contributed by atoms with Crippen molar-refractivity contribution in [3.63, 3.8) is 0 Å². The predicted molar refractivity (Wildman–Crippen MR) is 72.5 cm³/mol. The van der Waals surface area contributed by atoms with Crippen LogP contribution in [-0.2, 0) is 14.3 Å². The molecule has 0 aromatic heterocycles. The molecule has 2 fully saturated rings. The lowest BCUT2D eigenvalue weighted by Crippen LogP contribution is -2.47. The minimum atomic E-state index is -0.165. The van der Waals surface area contributed by atoms with Crippen molar-refractivity contribution in [3.05, 3.63) is 11.6 Å². The number of ether oxygens (including phenoxy) is 2. The summed E-state index contributed by atoms with van der Waals surface area (Å²) in [5.74, 6) is 3.29. The number of hydrogen-bond donors (Lipinski definition) is 0. The van der Waals surface area contributed by atoms with E-state index in [2.05, 4.69) is 26.8 Å². The largest absolute Gasteiger partial charge is 0.344 e. The van der Waals surface area contributed by atoms with Gasteiger partial charge in [0.25, 0.3) is 0 Å². The van der Waals surface area contributed by atoms with Crippen molar-refractivity contribution in [3.8, 4) is 0 Å². The van der Waals surface area contributed by atoms with E-state index in [-0.39, 0.29) is 25.3 Å². The number of allylic oxidation sites excluding steroid dienone is 2. The Labute approximate surface area is 115 Å².